The van der Waals surface area contributed by atoms with Crippen molar-refractivity contribution in [3.05, 3.63) is 22.8 Å². The lowest BCUT2D eigenvalue weighted by Gasteiger charge is -2.13. The maximum Gasteiger partial charge on any atom is 0.217 e. The number of hydrogen-bond donors (Lipinski definition) is 0. The molecule has 2 aromatic rings. The Morgan fingerprint density at radius 1 is 0.825 bits per heavy atom. The van der Waals surface area contributed by atoms with Gasteiger partial charge in [-0.2, -0.15) is 30.0 Å². The second-order valence-corrected chi connectivity index (χ2v) is 14.7. The number of nitrogens with zero attached hydrogens (tertiary/aromatic N) is 8. The summed E-state index contributed by atoms with van der Waals surface area (Å²) in [5, 5.41) is 22.1. The van der Waals surface area contributed by atoms with E-state index >= 15 is 0 Å². The maximum atomic E-state index is 12.8. The van der Waals surface area contributed by atoms with Crippen molar-refractivity contribution in [2.45, 2.75) is 83.0 Å². The van der Waals surface area contributed by atoms with Crippen LogP contribution >= 0.6 is 11.6 Å². The molecule has 2 aromatic heterocycles. The van der Waals surface area contributed by atoms with Crippen molar-refractivity contribution < 1.29 is 35.3 Å². The minimum atomic E-state index is -3.97. The Morgan fingerprint density at radius 2 is 1.27 bits per heavy atom. The lowest BCUT2D eigenvalue weighted by atomic mass is 10.1. The molecule has 2 aliphatic rings. The van der Waals surface area contributed by atoms with E-state index < -0.39 is 54.7 Å². The van der Waals surface area contributed by atoms with Crippen LogP contribution < -0.4 is 0 Å². The molecule has 0 amide bonds. The molecule has 0 fully saturated rings. The zero-order valence-corrected chi connectivity index (χ0v) is 24.5. The van der Waals surface area contributed by atoms with Gasteiger partial charge in [-0.1, -0.05) is 29.3 Å². The second-order valence-electron chi connectivity index (χ2n) is 10.0. The third-order valence-electron chi connectivity index (χ3n) is 5.38. The summed E-state index contributed by atoms with van der Waals surface area (Å²) in [5.74, 6) is -0.418. The van der Waals surface area contributed by atoms with Crippen molar-refractivity contribution in [3.8, 4) is 0 Å². The number of alkyl halides is 3. The first kappa shape index (κ1) is 33.5. The van der Waals surface area contributed by atoms with Crippen molar-refractivity contribution >= 4 is 41.4 Å². The highest BCUT2D eigenvalue weighted by Gasteiger charge is 2.42. The summed E-state index contributed by atoms with van der Waals surface area (Å²) in [5.41, 5.74) is -1.42. The summed E-state index contributed by atoms with van der Waals surface area (Å²) in [6, 6.07) is 0. The number of aromatic nitrogens is 6. The highest BCUT2D eigenvalue weighted by molar-refractivity contribution is 8.07. The van der Waals surface area contributed by atoms with Gasteiger partial charge in [-0.25, -0.2) is 25.6 Å². The van der Waals surface area contributed by atoms with Gasteiger partial charge in [-0.3, -0.25) is 0 Å². The highest BCUT2D eigenvalue weighted by Crippen LogP contribution is 2.34. The zero-order valence-electron chi connectivity index (χ0n) is 22.1. The molecule has 0 spiro atoms. The summed E-state index contributed by atoms with van der Waals surface area (Å²) >= 11 is 5.96. The summed E-state index contributed by atoms with van der Waals surface area (Å²) in [7, 11) is -4.67. The molecule has 4 heterocycles. The van der Waals surface area contributed by atoms with Crippen LogP contribution in [0.25, 0.3) is 0 Å². The van der Waals surface area contributed by atoms with Crippen LogP contribution in [0.5, 0.6) is 0 Å². The molecule has 19 heteroatoms. The molecule has 0 saturated heterocycles. The summed E-state index contributed by atoms with van der Waals surface area (Å²) in [6.45, 7) is 5.10. The predicted molar refractivity (Wildman–Crippen MR) is 143 cm³/mol. The van der Waals surface area contributed by atoms with Gasteiger partial charge in [-0.05, 0) is 27.7 Å². The van der Waals surface area contributed by atoms with Crippen LogP contribution in [0.1, 0.15) is 75.4 Å². The molecule has 0 aromatic carbocycles. The Labute approximate surface area is 236 Å². The Balaban J connectivity index is 0.000000274. The van der Waals surface area contributed by atoms with E-state index in [0.717, 1.165) is 9.59 Å². The average molecular weight is 631 g/mol. The van der Waals surface area contributed by atoms with Gasteiger partial charge in [-0.15, -0.1) is 0 Å². The van der Waals surface area contributed by atoms with Crippen molar-refractivity contribution in [2.75, 3.05) is 0 Å². The fourth-order valence-corrected chi connectivity index (χ4v) is 6.85. The monoisotopic (exact) mass is 630 g/mol. The van der Waals surface area contributed by atoms with Crippen molar-refractivity contribution in [1.29, 1.82) is 0 Å². The summed E-state index contributed by atoms with van der Waals surface area (Å²) in [4.78, 5) is 12.3. The molecular weight excluding hydrogens is 598 g/mol. The molecular formula is C21H33ClF2N8O6S2. The first-order valence-corrected chi connectivity index (χ1v) is 15.1. The molecule has 2 aliphatic heterocycles. The van der Waals surface area contributed by atoms with Crippen molar-refractivity contribution in [1.82, 2.24) is 30.0 Å². The molecule has 14 nitrogen and oxygen atoms in total. The molecule has 1 atom stereocenters. The Bertz CT molecular complexity index is 1500. The van der Waals surface area contributed by atoms with E-state index in [-0.39, 0.29) is 53.1 Å². The van der Waals surface area contributed by atoms with Gasteiger partial charge in [0.2, 0.25) is 19.7 Å². The highest BCUT2D eigenvalue weighted by atomic mass is 35.5. The number of aryl methyl sites for hydroxylation is 2. The molecule has 4 rings (SSSR count). The molecule has 0 bridgehead atoms. The summed E-state index contributed by atoms with van der Waals surface area (Å²) < 4.78 is 73.0. The minimum Gasteiger partial charge on any atom is -0.389 e. The van der Waals surface area contributed by atoms with Crippen LogP contribution in [0.3, 0.4) is 0 Å². The van der Waals surface area contributed by atoms with Crippen LogP contribution in [-0.2, 0) is 62.5 Å². The maximum absolute atomic E-state index is 12.8. The van der Waals surface area contributed by atoms with Crippen LogP contribution in [0.4, 0.5) is 8.78 Å². The second kappa shape index (κ2) is 12.0. The number of hydrogen-bond acceptors (Lipinski definition) is 12. The van der Waals surface area contributed by atoms with E-state index in [1.54, 1.807) is 27.7 Å². The first-order chi connectivity index (χ1) is 17.9. The molecule has 40 heavy (non-hydrogen) atoms. The molecule has 226 valence electrons. The number of sulfone groups is 2. The van der Waals surface area contributed by atoms with E-state index in [1.165, 1.54) is 14.1 Å². The van der Waals surface area contributed by atoms with Gasteiger partial charge in [0, 0.05) is 26.9 Å². The first-order valence-electron chi connectivity index (χ1n) is 11.4. The van der Waals surface area contributed by atoms with Crippen molar-refractivity contribution in [3.63, 3.8) is 0 Å². The van der Waals surface area contributed by atoms with E-state index in [2.05, 4.69) is 30.7 Å². The molecule has 0 aliphatic carbocycles. The lowest BCUT2D eigenvalue weighted by molar-refractivity contribution is 0.0120. The fourth-order valence-electron chi connectivity index (χ4n) is 3.49. The standard InChI is InChI=1S/C10H14ClFN4O3S.C10H15FN4O3S.CH4/c1-10(2)4-7(15-19-10)20(17,18)9(11)8-6(5-12)13-16(3)14-8;1-10(2)4-9(14-18-10)19(16,17)6-8-7(5-11)12-15(3)13-8;/h9H,4-5H2,1-3H3;4-6H2,1-3H3;1H4. The number of oxime groups is 2. The van der Waals surface area contributed by atoms with Gasteiger partial charge in [0.1, 0.15) is 53.1 Å². The Hall–Kier alpha value is -2.73. The smallest absolute Gasteiger partial charge is 0.217 e. The van der Waals surface area contributed by atoms with E-state index in [0.29, 0.717) is 0 Å². The largest absolute Gasteiger partial charge is 0.389 e. The average Bonchev–Trinajstić information content (AvgIpc) is 3.58. The van der Waals surface area contributed by atoms with E-state index in [9.17, 15) is 25.6 Å². The predicted octanol–water partition coefficient (Wildman–Crippen LogP) is 2.80. The van der Waals surface area contributed by atoms with E-state index in [4.69, 9.17) is 21.3 Å². The molecule has 0 saturated carbocycles. The summed E-state index contributed by atoms with van der Waals surface area (Å²) in [6.07, 6.45) is 0.296. The van der Waals surface area contributed by atoms with Gasteiger partial charge in [0.05, 0.1) is 0 Å². The van der Waals surface area contributed by atoms with Crippen LogP contribution in [0.15, 0.2) is 10.3 Å². The van der Waals surface area contributed by atoms with Gasteiger partial charge >= 0.3 is 0 Å². The SMILES string of the molecule is C.Cn1nc(CF)c(C(Cl)S(=O)(=O)C2=NOC(C)(C)C2)n1.Cn1nc(CF)c(CS(=O)(=O)C2=NOC(C)(C)C2)n1. The molecule has 0 radical (unpaired) electrons. The zero-order chi connectivity index (χ0) is 29.4. The van der Waals surface area contributed by atoms with Gasteiger partial charge < -0.3 is 9.68 Å². The Kier molecular flexibility index (Phi) is 10.1. The Morgan fingerprint density at radius 3 is 1.75 bits per heavy atom. The van der Waals surface area contributed by atoms with Crippen LogP contribution in [0.2, 0.25) is 0 Å². The molecule has 0 N–H and O–H groups in total. The quantitative estimate of drug-likeness (QED) is 0.432. The van der Waals surface area contributed by atoms with E-state index in [1.807, 2.05) is 0 Å². The topological polar surface area (TPSA) is 173 Å². The van der Waals surface area contributed by atoms with Gasteiger partial charge in [0.15, 0.2) is 14.8 Å². The fraction of sp³-hybridized carbons (Fsp3) is 0.714. The minimum absolute atomic E-state index is 0. The third kappa shape index (κ3) is 7.51. The normalized spacial score (nSPS) is 18.4. The number of halogens is 3. The van der Waals surface area contributed by atoms with Crippen LogP contribution in [0, 0.1) is 0 Å². The molecule has 1 unspecified atom stereocenters. The van der Waals surface area contributed by atoms with Gasteiger partial charge in [0.25, 0.3) is 0 Å². The van der Waals surface area contributed by atoms with Crippen LogP contribution in [-0.4, -0.2) is 68.1 Å². The number of rotatable bonds is 6. The third-order valence-corrected chi connectivity index (χ3v) is 9.52. The lowest BCUT2D eigenvalue weighted by Crippen LogP contribution is -2.24. The van der Waals surface area contributed by atoms with Crippen molar-refractivity contribution in [2.24, 2.45) is 24.4 Å².